The Hall–Kier alpha value is -1.81. The van der Waals surface area contributed by atoms with Crippen LogP contribution in [0.2, 0.25) is 0 Å². The average Bonchev–Trinajstić information content (AvgIpc) is 2.78. The molecule has 0 saturated carbocycles. The average molecular weight is 287 g/mol. The number of aromatic nitrogens is 2. The summed E-state index contributed by atoms with van der Waals surface area (Å²) in [5.41, 5.74) is 5.84. The Morgan fingerprint density at radius 2 is 1.95 bits per heavy atom. The van der Waals surface area contributed by atoms with Crippen molar-refractivity contribution in [3.63, 3.8) is 0 Å². The maximum absolute atomic E-state index is 5.69. The molecule has 4 heteroatoms. The molecule has 1 N–H and O–H groups in total. The highest BCUT2D eigenvalue weighted by Gasteiger charge is 2.22. The van der Waals surface area contributed by atoms with Crippen LogP contribution in [0.4, 0.5) is 0 Å². The van der Waals surface area contributed by atoms with E-state index in [1.165, 1.54) is 22.3 Å². The monoisotopic (exact) mass is 287 g/mol. The number of hydrogen-bond donors (Lipinski definition) is 1. The highest BCUT2D eigenvalue weighted by molar-refractivity contribution is 5.49. The van der Waals surface area contributed by atoms with Crippen molar-refractivity contribution in [2.75, 3.05) is 13.7 Å². The standard InChI is InChI=1S/C17H25N3O/c1-7-18-16(15-10-20(5)19-13(15)4)14-9-8-11(2)12(3)17(14)21-6/h8-10,16,18H,7H2,1-6H3. The van der Waals surface area contributed by atoms with Gasteiger partial charge in [-0.25, -0.2) is 0 Å². The van der Waals surface area contributed by atoms with Crippen molar-refractivity contribution in [2.45, 2.75) is 33.7 Å². The molecule has 0 bridgehead atoms. The highest BCUT2D eigenvalue weighted by atomic mass is 16.5. The number of ether oxygens (including phenoxy) is 1. The Morgan fingerprint density at radius 1 is 1.24 bits per heavy atom. The predicted molar refractivity (Wildman–Crippen MR) is 85.9 cm³/mol. The summed E-state index contributed by atoms with van der Waals surface area (Å²) in [6.07, 6.45) is 2.08. The molecule has 21 heavy (non-hydrogen) atoms. The van der Waals surface area contributed by atoms with E-state index in [2.05, 4.69) is 49.5 Å². The van der Waals surface area contributed by atoms with Gasteiger partial charge in [0, 0.05) is 24.4 Å². The zero-order chi connectivity index (χ0) is 15.6. The second-order valence-electron chi connectivity index (χ2n) is 5.46. The molecular weight excluding hydrogens is 262 g/mol. The smallest absolute Gasteiger partial charge is 0.127 e. The van der Waals surface area contributed by atoms with E-state index in [-0.39, 0.29) is 6.04 Å². The fourth-order valence-corrected chi connectivity index (χ4v) is 2.80. The van der Waals surface area contributed by atoms with Crippen molar-refractivity contribution in [1.82, 2.24) is 15.1 Å². The van der Waals surface area contributed by atoms with Crippen LogP contribution in [0, 0.1) is 20.8 Å². The number of hydrogen-bond acceptors (Lipinski definition) is 3. The van der Waals surface area contributed by atoms with E-state index in [0.717, 1.165) is 18.0 Å². The zero-order valence-corrected chi connectivity index (χ0v) is 13.8. The molecule has 1 heterocycles. The maximum atomic E-state index is 5.69. The van der Waals surface area contributed by atoms with Crippen molar-refractivity contribution in [3.8, 4) is 5.75 Å². The Kier molecular flexibility index (Phi) is 4.68. The molecule has 1 unspecified atom stereocenters. The SMILES string of the molecule is CCNC(c1cn(C)nc1C)c1ccc(C)c(C)c1OC. The minimum absolute atomic E-state index is 0.0953. The third-order valence-electron chi connectivity index (χ3n) is 3.99. The van der Waals surface area contributed by atoms with Gasteiger partial charge in [-0.15, -0.1) is 0 Å². The van der Waals surface area contributed by atoms with E-state index >= 15 is 0 Å². The molecule has 0 aliphatic heterocycles. The molecule has 2 rings (SSSR count). The van der Waals surface area contributed by atoms with Crippen molar-refractivity contribution in [1.29, 1.82) is 0 Å². The van der Waals surface area contributed by atoms with Crippen molar-refractivity contribution >= 4 is 0 Å². The first-order valence-electron chi connectivity index (χ1n) is 7.37. The second kappa shape index (κ2) is 6.31. The number of nitrogens with zero attached hydrogens (tertiary/aromatic N) is 2. The number of rotatable bonds is 5. The van der Waals surface area contributed by atoms with Crippen molar-refractivity contribution in [3.05, 3.63) is 46.3 Å². The Labute approximate surface area is 127 Å². The normalized spacial score (nSPS) is 12.5. The summed E-state index contributed by atoms with van der Waals surface area (Å²) in [5, 5.41) is 8.03. The molecule has 0 spiro atoms. The van der Waals surface area contributed by atoms with E-state index in [0.29, 0.717) is 0 Å². The van der Waals surface area contributed by atoms with Crippen LogP contribution in [-0.2, 0) is 7.05 Å². The number of methoxy groups -OCH3 is 1. The summed E-state index contributed by atoms with van der Waals surface area (Å²) >= 11 is 0. The van der Waals surface area contributed by atoms with E-state index in [1.54, 1.807) is 7.11 Å². The van der Waals surface area contributed by atoms with E-state index < -0.39 is 0 Å². The molecule has 114 valence electrons. The number of aryl methyl sites for hydroxylation is 3. The summed E-state index contributed by atoms with van der Waals surface area (Å²) < 4.78 is 7.55. The molecule has 0 aliphatic carbocycles. The Bertz CT molecular complexity index is 631. The van der Waals surface area contributed by atoms with Crippen LogP contribution in [0.5, 0.6) is 5.75 Å². The molecule has 0 saturated heterocycles. The first-order chi connectivity index (χ1) is 9.99. The van der Waals surface area contributed by atoms with Gasteiger partial charge in [0.25, 0.3) is 0 Å². The van der Waals surface area contributed by atoms with Gasteiger partial charge in [-0.05, 0) is 38.4 Å². The minimum atomic E-state index is 0.0953. The third-order valence-corrected chi connectivity index (χ3v) is 3.99. The van der Waals surface area contributed by atoms with E-state index in [1.807, 2.05) is 18.7 Å². The van der Waals surface area contributed by atoms with Gasteiger partial charge in [0.05, 0.1) is 18.8 Å². The Morgan fingerprint density at radius 3 is 2.48 bits per heavy atom. The zero-order valence-electron chi connectivity index (χ0n) is 13.8. The van der Waals surface area contributed by atoms with Crippen LogP contribution in [0.25, 0.3) is 0 Å². The summed E-state index contributed by atoms with van der Waals surface area (Å²) in [7, 11) is 3.70. The van der Waals surface area contributed by atoms with Crippen LogP contribution in [0.15, 0.2) is 18.3 Å². The van der Waals surface area contributed by atoms with Crippen LogP contribution in [0.3, 0.4) is 0 Å². The van der Waals surface area contributed by atoms with Crippen LogP contribution >= 0.6 is 0 Å². The molecule has 0 amide bonds. The fourth-order valence-electron chi connectivity index (χ4n) is 2.80. The number of benzene rings is 1. The first kappa shape index (κ1) is 15.6. The maximum Gasteiger partial charge on any atom is 0.127 e. The molecule has 0 aliphatic rings. The van der Waals surface area contributed by atoms with Gasteiger partial charge in [-0.1, -0.05) is 19.1 Å². The van der Waals surface area contributed by atoms with Gasteiger partial charge < -0.3 is 10.1 Å². The summed E-state index contributed by atoms with van der Waals surface area (Å²) in [6.45, 7) is 9.27. The van der Waals surface area contributed by atoms with Crippen molar-refractivity contribution in [2.24, 2.45) is 7.05 Å². The van der Waals surface area contributed by atoms with E-state index in [4.69, 9.17) is 4.74 Å². The van der Waals surface area contributed by atoms with Crippen LogP contribution in [-0.4, -0.2) is 23.4 Å². The first-order valence-corrected chi connectivity index (χ1v) is 7.37. The number of nitrogens with one attached hydrogen (secondary N) is 1. The summed E-state index contributed by atoms with van der Waals surface area (Å²) in [4.78, 5) is 0. The highest BCUT2D eigenvalue weighted by Crippen LogP contribution is 2.34. The van der Waals surface area contributed by atoms with Crippen LogP contribution < -0.4 is 10.1 Å². The molecule has 2 aromatic rings. The molecule has 1 atom stereocenters. The lowest BCUT2D eigenvalue weighted by Gasteiger charge is -2.22. The van der Waals surface area contributed by atoms with Gasteiger partial charge in [0.1, 0.15) is 5.75 Å². The topological polar surface area (TPSA) is 39.1 Å². The molecule has 4 nitrogen and oxygen atoms in total. The summed E-state index contributed by atoms with van der Waals surface area (Å²) in [5.74, 6) is 0.962. The molecular formula is C17H25N3O. The third kappa shape index (κ3) is 2.95. The molecule has 1 aromatic carbocycles. The van der Waals surface area contributed by atoms with E-state index in [9.17, 15) is 0 Å². The summed E-state index contributed by atoms with van der Waals surface area (Å²) in [6, 6.07) is 4.41. The Balaban J connectivity index is 2.58. The lowest BCUT2D eigenvalue weighted by molar-refractivity contribution is 0.400. The largest absolute Gasteiger partial charge is 0.496 e. The van der Waals surface area contributed by atoms with Gasteiger partial charge in [0.15, 0.2) is 0 Å². The van der Waals surface area contributed by atoms with Gasteiger partial charge in [0.2, 0.25) is 0 Å². The minimum Gasteiger partial charge on any atom is -0.496 e. The van der Waals surface area contributed by atoms with Crippen molar-refractivity contribution < 1.29 is 4.74 Å². The predicted octanol–water partition coefficient (Wildman–Crippen LogP) is 3.05. The molecule has 1 aromatic heterocycles. The lowest BCUT2D eigenvalue weighted by Crippen LogP contribution is -2.23. The van der Waals surface area contributed by atoms with Gasteiger partial charge >= 0.3 is 0 Å². The van der Waals surface area contributed by atoms with Crippen LogP contribution in [0.1, 0.15) is 40.9 Å². The van der Waals surface area contributed by atoms with Gasteiger partial charge in [-0.2, -0.15) is 5.10 Å². The van der Waals surface area contributed by atoms with Gasteiger partial charge in [-0.3, -0.25) is 4.68 Å². The fraction of sp³-hybridized carbons (Fsp3) is 0.471. The second-order valence-corrected chi connectivity index (χ2v) is 5.46. The molecule has 0 radical (unpaired) electrons. The lowest BCUT2D eigenvalue weighted by atomic mass is 9.94. The molecule has 0 fully saturated rings. The quantitative estimate of drug-likeness (QED) is 0.918.